The molecule has 1 rings (SSSR count). The average Bonchev–Trinajstić information content (AvgIpc) is 2.17. The molecule has 2 nitrogen and oxygen atoms in total. The predicted molar refractivity (Wildman–Crippen MR) is 46.2 cm³/mol. The largest absolute Gasteiger partial charge is 0.497 e. The molecule has 0 aromatic heterocycles. The summed E-state index contributed by atoms with van der Waals surface area (Å²) in [5.41, 5.74) is 0.512. The van der Waals surface area contributed by atoms with Crippen LogP contribution >= 0.6 is 0 Å². The van der Waals surface area contributed by atoms with E-state index < -0.39 is 0 Å². The number of Topliss-reactive ketones (excluding diaryl/α,β-unsaturated/α-hetero) is 1. The van der Waals surface area contributed by atoms with E-state index >= 15 is 0 Å². The number of ketones is 1. The Morgan fingerprint density at radius 3 is 2.42 bits per heavy atom. The van der Waals surface area contributed by atoms with Gasteiger partial charge in [0, 0.05) is 5.56 Å². The zero-order chi connectivity index (χ0) is 8.97. The fourth-order valence-corrected chi connectivity index (χ4v) is 0.826. The quantitative estimate of drug-likeness (QED) is 0.372. The van der Waals surface area contributed by atoms with Crippen LogP contribution in [0.4, 0.5) is 0 Å². The van der Waals surface area contributed by atoms with Crippen LogP contribution in [-0.2, 0) is 0 Å². The van der Waals surface area contributed by atoms with Crippen LogP contribution in [0.25, 0.3) is 0 Å². The fourth-order valence-electron chi connectivity index (χ4n) is 0.826. The molecule has 0 spiro atoms. The first kappa shape index (κ1) is 8.35. The molecule has 0 aliphatic heterocycles. The Balaban J connectivity index is 2.94. The molecule has 2 heteroatoms. The number of rotatable bonds is 2. The molecule has 0 N–H and O–H groups in total. The van der Waals surface area contributed by atoms with E-state index in [1.54, 1.807) is 31.4 Å². The van der Waals surface area contributed by atoms with E-state index in [0.29, 0.717) is 11.3 Å². The highest BCUT2D eigenvalue weighted by molar-refractivity contribution is 6.08. The number of carbonyl (C=O) groups is 1. The zero-order valence-electron chi connectivity index (χ0n) is 6.70. The Morgan fingerprint density at radius 2 is 2.00 bits per heavy atom. The third-order valence-corrected chi connectivity index (χ3v) is 1.48. The van der Waals surface area contributed by atoms with Crippen molar-refractivity contribution >= 4 is 5.78 Å². The summed E-state index contributed by atoms with van der Waals surface area (Å²) in [6, 6.07) is 6.68. The monoisotopic (exact) mass is 160 g/mol. The molecule has 0 amide bonds. The Bertz CT molecular complexity index is 317. The summed E-state index contributed by atoms with van der Waals surface area (Å²) in [6.07, 6.45) is 4.94. The van der Waals surface area contributed by atoms with Gasteiger partial charge >= 0.3 is 0 Å². The van der Waals surface area contributed by atoms with E-state index in [0.717, 1.165) is 0 Å². The van der Waals surface area contributed by atoms with E-state index in [1.165, 1.54) is 0 Å². The first-order valence-corrected chi connectivity index (χ1v) is 3.43. The Hall–Kier alpha value is -1.75. The van der Waals surface area contributed by atoms with Crippen LogP contribution in [0.3, 0.4) is 0 Å². The second kappa shape index (κ2) is 3.59. The molecule has 0 aliphatic carbocycles. The average molecular weight is 160 g/mol. The lowest BCUT2D eigenvalue weighted by atomic mass is 10.1. The van der Waals surface area contributed by atoms with Crippen molar-refractivity contribution in [2.24, 2.45) is 0 Å². The summed E-state index contributed by atoms with van der Waals surface area (Å²) in [7, 11) is 1.57. The highest BCUT2D eigenvalue weighted by Gasteiger charge is 2.00. The van der Waals surface area contributed by atoms with Gasteiger partial charge in [-0.1, -0.05) is 0 Å². The van der Waals surface area contributed by atoms with Gasteiger partial charge < -0.3 is 4.74 Å². The zero-order valence-corrected chi connectivity index (χ0v) is 6.70. The van der Waals surface area contributed by atoms with Crippen LogP contribution in [-0.4, -0.2) is 12.9 Å². The minimum absolute atomic E-state index is 0.308. The topological polar surface area (TPSA) is 26.3 Å². The van der Waals surface area contributed by atoms with Crippen LogP contribution < -0.4 is 4.74 Å². The molecule has 0 aliphatic rings. The van der Waals surface area contributed by atoms with Gasteiger partial charge in [-0.05, 0) is 30.2 Å². The number of terminal acetylenes is 1. The van der Waals surface area contributed by atoms with E-state index in [1.807, 2.05) is 5.92 Å². The molecule has 0 unspecified atom stereocenters. The van der Waals surface area contributed by atoms with Gasteiger partial charge in [0.2, 0.25) is 5.78 Å². The van der Waals surface area contributed by atoms with Crippen LogP contribution in [0.1, 0.15) is 10.4 Å². The van der Waals surface area contributed by atoms with Gasteiger partial charge in [0.25, 0.3) is 0 Å². The van der Waals surface area contributed by atoms with E-state index in [4.69, 9.17) is 11.2 Å². The van der Waals surface area contributed by atoms with E-state index in [2.05, 4.69) is 0 Å². The molecule has 1 aromatic rings. The molecule has 0 atom stereocenters. The molecule has 60 valence electrons. The summed E-state index contributed by atoms with van der Waals surface area (Å²) in [5, 5.41) is 0. The van der Waals surface area contributed by atoms with E-state index in [-0.39, 0.29) is 5.78 Å². The predicted octanol–water partition coefficient (Wildman–Crippen LogP) is 1.51. The summed E-state index contributed by atoms with van der Waals surface area (Å²) in [6.45, 7) is 0. The second-order valence-corrected chi connectivity index (χ2v) is 2.20. The van der Waals surface area contributed by atoms with Crippen molar-refractivity contribution in [3.05, 3.63) is 29.8 Å². The minimum Gasteiger partial charge on any atom is -0.497 e. The maximum absolute atomic E-state index is 10.9. The Kier molecular flexibility index (Phi) is 2.49. The van der Waals surface area contributed by atoms with E-state index in [9.17, 15) is 4.79 Å². The van der Waals surface area contributed by atoms with Crippen molar-refractivity contribution in [3.63, 3.8) is 0 Å². The van der Waals surface area contributed by atoms with Crippen molar-refractivity contribution < 1.29 is 9.53 Å². The molecule has 0 bridgehead atoms. The van der Waals surface area contributed by atoms with Crippen molar-refractivity contribution in [2.45, 2.75) is 0 Å². The molecule has 0 fully saturated rings. The Labute approximate surface area is 71.2 Å². The Morgan fingerprint density at radius 1 is 1.42 bits per heavy atom. The number of carbonyl (C=O) groups excluding carboxylic acids is 1. The first-order chi connectivity index (χ1) is 5.77. The van der Waals surface area contributed by atoms with Gasteiger partial charge in [0.1, 0.15) is 5.75 Å². The standard InChI is InChI=1S/C10H8O2/c1-3-10(11)8-4-6-9(12-2)7-5-8/h1,4-7H,2H3. The van der Waals surface area contributed by atoms with Crippen LogP contribution in [0.15, 0.2) is 24.3 Å². The van der Waals surface area contributed by atoms with Crippen molar-refractivity contribution in [1.29, 1.82) is 0 Å². The number of methoxy groups -OCH3 is 1. The van der Waals surface area contributed by atoms with Gasteiger partial charge in [-0.2, -0.15) is 0 Å². The maximum atomic E-state index is 10.9. The molecule has 0 heterocycles. The lowest BCUT2D eigenvalue weighted by Crippen LogP contribution is -1.93. The van der Waals surface area contributed by atoms with Gasteiger partial charge in [0.05, 0.1) is 7.11 Å². The first-order valence-electron chi connectivity index (χ1n) is 3.43. The summed E-state index contributed by atoms with van der Waals surface area (Å²) in [4.78, 5) is 10.9. The minimum atomic E-state index is -0.308. The van der Waals surface area contributed by atoms with Gasteiger partial charge in [-0.3, -0.25) is 4.79 Å². The lowest BCUT2D eigenvalue weighted by molar-refractivity contribution is 0.105. The van der Waals surface area contributed by atoms with Gasteiger partial charge in [0.15, 0.2) is 0 Å². The fraction of sp³-hybridized carbons (Fsp3) is 0.100. The number of benzene rings is 1. The molecule has 0 radical (unpaired) electrons. The number of ether oxygens (including phenoxy) is 1. The molecule has 0 saturated heterocycles. The summed E-state index contributed by atoms with van der Waals surface area (Å²) >= 11 is 0. The molecule has 12 heavy (non-hydrogen) atoms. The molecule has 1 aromatic carbocycles. The number of hydrogen-bond donors (Lipinski definition) is 0. The van der Waals surface area contributed by atoms with Crippen molar-refractivity contribution in [2.75, 3.05) is 7.11 Å². The van der Waals surface area contributed by atoms with Crippen LogP contribution in [0, 0.1) is 12.3 Å². The van der Waals surface area contributed by atoms with Gasteiger partial charge in [-0.15, -0.1) is 6.42 Å². The van der Waals surface area contributed by atoms with Crippen LogP contribution in [0.2, 0.25) is 0 Å². The summed E-state index contributed by atoms with van der Waals surface area (Å²) < 4.78 is 4.92. The van der Waals surface area contributed by atoms with Crippen molar-refractivity contribution in [1.82, 2.24) is 0 Å². The maximum Gasteiger partial charge on any atom is 0.235 e. The third kappa shape index (κ3) is 1.64. The normalized spacial score (nSPS) is 8.67. The SMILES string of the molecule is C#CC(=O)c1ccc(OC)cc1. The van der Waals surface area contributed by atoms with Gasteiger partial charge in [-0.25, -0.2) is 0 Å². The third-order valence-electron chi connectivity index (χ3n) is 1.48. The second-order valence-electron chi connectivity index (χ2n) is 2.20. The molecule has 0 saturated carbocycles. The molecular formula is C10H8O2. The van der Waals surface area contributed by atoms with Crippen molar-refractivity contribution in [3.8, 4) is 18.1 Å². The highest BCUT2D eigenvalue weighted by Crippen LogP contribution is 2.11. The smallest absolute Gasteiger partial charge is 0.235 e. The molecular weight excluding hydrogens is 152 g/mol. The summed E-state index contributed by atoms with van der Waals surface area (Å²) in [5.74, 6) is 2.44. The lowest BCUT2D eigenvalue weighted by Gasteiger charge is -1.98. The highest BCUT2D eigenvalue weighted by atomic mass is 16.5. The number of hydrogen-bond acceptors (Lipinski definition) is 2. The van der Waals surface area contributed by atoms with Crippen LogP contribution in [0.5, 0.6) is 5.75 Å².